The molecular formula is C32H28N6OS. The Morgan fingerprint density at radius 1 is 0.900 bits per heavy atom. The highest BCUT2D eigenvalue weighted by Gasteiger charge is 2.17. The first-order valence-electron chi connectivity index (χ1n) is 13.2. The second-order valence-electron chi connectivity index (χ2n) is 9.46. The first kappa shape index (κ1) is 25.6. The molecule has 0 spiro atoms. The Kier molecular flexibility index (Phi) is 7.16. The van der Waals surface area contributed by atoms with E-state index < -0.39 is 0 Å². The summed E-state index contributed by atoms with van der Waals surface area (Å²) in [7, 11) is 0. The number of rotatable bonds is 8. The summed E-state index contributed by atoms with van der Waals surface area (Å²) in [6.07, 6.45) is 1.68. The highest BCUT2D eigenvalue weighted by molar-refractivity contribution is 7.99. The molecule has 6 rings (SSSR count). The molecular weight excluding hydrogens is 516 g/mol. The van der Waals surface area contributed by atoms with Crippen molar-refractivity contribution in [1.82, 2.24) is 24.8 Å². The fourth-order valence-electron chi connectivity index (χ4n) is 4.90. The Bertz CT molecular complexity index is 1840. The third kappa shape index (κ3) is 5.01. The van der Waals surface area contributed by atoms with Gasteiger partial charge >= 0.3 is 0 Å². The summed E-state index contributed by atoms with van der Waals surface area (Å²) in [5, 5.41) is 16.1. The van der Waals surface area contributed by atoms with Crippen molar-refractivity contribution < 1.29 is 4.79 Å². The van der Waals surface area contributed by atoms with Crippen LogP contribution in [0.5, 0.6) is 0 Å². The molecule has 0 atom stereocenters. The second kappa shape index (κ2) is 11.2. The maximum Gasteiger partial charge on any atom is 0.250 e. The lowest BCUT2D eigenvalue weighted by molar-refractivity contribution is -0.118. The predicted molar refractivity (Wildman–Crippen MR) is 163 cm³/mol. The number of benzene rings is 4. The Balaban J connectivity index is 1.17. The third-order valence-corrected chi connectivity index (χ3v) is 7.73. The van der Waals surface area contributed by atoms with Gasteiger partial charge in [-0.1, -0.05) is 84.1 Å². The number of hydrazone groups is 1. The minimum absolute atomic E-state index is 0.152. The molecule has 2 heterocycles. The number of fused-ring (bicyclic) bond motifs is 3. The zero-order valence-corrected chi connectivity index (χ0v) is 23.1. The zero-order chi connectivity index (χ0) is 27.5. The van der Waals surface area contributed by atoms with Gasteiger partial charge in [-0.2, -0.15) is 5.10 Å². The third-order valence-electron chi connectivity index (χ3n) is 6.81. The zero-order valence-electron chi connectivity index (χ0n) is 22.3. The van der Waals surface area contributed by atoms with Crippen molar-refractivity contribution in [2.24, 2.45) is 5.10 Å². The SMILES string of the molecule is CCn1c2ccccc2c2cc(/C=N\NC(=O)CSc3nnc(-c4ccc(C)cc4)n3-c3ccccc3)ccc21. The van der Waals surface area contributed by atoms with Crippen LogP contribution in [-0.4, -0.2) is 37.2 Å². The molecule has 8 heteroatoms. The summed E-state index contributed by atoms with van der Waals surface area (Å²) in [5.41, 5.74) is 9.05. The van der Waals surface area contributed by atoms with E-state index in [-0.39, 0.29) is 11.7 Å². The van der Waals surface area contributed by atoms with Gasteiger partial charge in [-0.05, 0) is 49.7 Å². The Hall–Kier alpha value is -4.69. The molecule has 0 bridgehead atoms. The molecule has 7 nitrogen and oxygen atoms in total. The molecule has 0 aliphatic heterocycles. The highest BCUT2D eigenvalue weighted by Crippen LogP contribution is 2.30. The Labute approximate surface area is 236 Å². The normalized spacial score (nSPS) is 11.6. The molecule has 198 valence electrons. The van der Waals surface area contributed by atoms with Gasteiger partial charge in [-0.15, -0.1) is 10.2 Å². The minimum atomic E-state index is -0.218. The summed E-state index contributed by atoms with van der Waals surface area (Å²) in [5.74, 6) is 0.663. The molecule has 1 amide bonds. The smallest absolute Gasteiger partial charge is 0.250 e. The van der Waals surface area contributed by atoms with Gasteiger partial charge in [0.05, 0.1) is 12.0 Å². The van der Waals surface area contributed by atoms with E-state index in [4.69, 9.17) is 0 Å². The van der Waals surface area contributed by atoms with Crippen molar-refractivity contribution in [1.29, 1.82) is 0 Å². The molecule has 0 aliphatic carbocycles. The van der Waals surface area contributed by atoms with Gasteiger partial charge in [0.2, 0.25) is 0 Å². The van der Waals surface area contributed by atoms with E-state index in [0.29, 0.717) is 5.16 Å². The predicted octanol–water partition coefficient (Wildman–Crippen LogP) is 6.61. The summed E-state index contributed by atoms with van der Waals surface area (Å²) in [6.45, 7) is 5.10. The minimum Gasteiger partial charge on any atom is -0.341 e. The van der Waals surface area contributed by atoms with Crippen LogP contribution in [0.4, 0.5) is 0 Å². The van der Waals surface area contributed by atoms with Crippen molar-refractivity contribution >= 4 is 45.7 Å². The number of para-hydroxylation sites is 2. The number of amides is 1. The number of nitrogens with one attached hydrogen (secondary N) is 1. The maximum atomic E-state index is 12.7. The molecule has 1 N–H and O–H groups in total. The van der Waals surface area contributed by atoms with Crippen LogP contribution in [0.15, 0.2) is 107 Å². The van der Waals surface area contributed by atoms with E-state index in [1.807, 2.05) is 53.1 Å². The molecule has 0 fully saturated rings. The number of aryl methyl sites for hydroxylation is 2. The molecule has 0 saturated carbocycles. The number of carbonyl (C=O) groups is 1. The lowest BCUT2D eigenvalue weighted by Crippen LogP contribution is -2.20. The topological polar surface area (TPSA) is 77.1 Å². The fraction of sp³-hybridized carbons (Fsp3) is 0.125. The van der Waals surface area contributed by atoms with Crippen molar-refractivity contribution in [3.05, 3.63) is 108 Å². The monoisotopic (exact) mass is 544 g/mol. The molecule has 0 radical (unpaired) electrons. The average molecular weight is 545 g/mol. The largest absolute Gasteiger partial charge is 0.341 e. The molecule has 0 unspecified atom stereocenters. The molecule has 0 saturated heterocycles. The van der Waals surface area contributed by atoms with Crippen LogP contribution in [0, 0.1) is 6.92 Å². The van der Waals surface area contributed by atoms with Crippen LogP contribution in [0.25, 0.3) is 38.9 Å². The molecule has 40 heavy (non-hydrogen) atoms. The summed E-state index contributed by atoms with van der Waals surface area (Å²) >= 11 is 1.32. The van der Waals surface area contributed by atoms with Crippen LogP contribution in [-0.2, 0) is 11.3 Å². The van der Waals surface area contributed by atoms with E-state index in [2.05, 4.69) is 87.7 Å². The quantitative estimate of drug-likeness (QED) is 0.133. The van der Waals surface area contributed by atoms with Gasteiger partial charge < -0.3 is 4.57 Å². The van der Waals surface area contributed by atoms with Crippen molar-refractivity contribution in [2.75, 3.05) is 5.75 Å². The number of hydrogen-bond acceptors (Lipinski definition) is 5. The van der Waals surface area contributed by atoms with Gasteiger partial charge in [0.25, 0.3) is 5.91 Å². The van der Waals surface area contributed by atoms with Crippen molar-refractivity contribution in [2.45, 2.75) is 25.5 Å². The van der Waals surface area contributed by atoms with Gasteiger partial charge in [-0.25, -0.2) is 5.43 Å². The average Bonchev–Trinajstić information content (AvgIpc) is 3.56. The highest BCUT2D eigenvalue weighted by atomic mass is 32.2. The number of carbonyl (C=O) groups excluding carboxylic acids is 1. The number of nitrogens with zero attached hydrogens (tertiary/aromatic N) is 5. The lowest BCUT2D eigenvalue weighted by atomic mass is 10.1. The Morgan fingerprint density at radius 3 is 2.45 bits per heavy atom. The first-order chi connectivity index (χ1) is 19.6. The lowest BCUT2D eigenvalue weighted by Gasteiger charge is -2.10. The summed E-state index contributed by atoms with van der Waals surface area (Å²) in [4.78, 5) is 12.7. The maximum absolute atomic E-state index is 12.7. The van der Waals surface area contributed by atoms with Crippen molar-refractivity contribution in [3.8, 4) is 17.1 Å². The van der Waals surface area contributed by atoms with Crippen LogP contribution < -0.4 is 5.43 Å². The van der Waals surface area contributed by atoms with E-state index >= 15 is 0 Å². The van der Waals surface area contributed by atoms with Crippen LogP contribution in [0.3, 0.4) is 0 Å². The van der Waals surface area contributed by atoms with E-state index in [9.17, 15) is 4.79 Å². The number of thioether (sulfide) groups is 1. The summed E-state index contributed by atoms with van der Waals surface area (Å²) < 4.78 is 4.29. The van der Waals surface area contributed by atoms with Gasteiger partial charge in [0.15, 0.2) is 11.0 Å². The molecule has 2 aromatic heterocycles. The van der Waals surface area contributed by atoms with Crippen LogP contribution in [0.2, 0.25) is 0 Å². The van der Waals surface area contributed by atoms with E-state index in [0.717, 1.165) is 29.2 Å². The molecule has 6 aromatic rings. The van der Waals surface area contributed by atoms with Gasteiger partial charge in [0.1, 0.15) is 0 Å². The van der Waals surface area contributed by atoms with E-state index in [1.54, 1.807) is 6.21 Å². The standard InChI is InChI=1S/C32H28N6OS/c1-3-37-28-12-8-7-11-26(28)27-19-23(15-18-29(27)37)20-33-34-30(39)21-40-32-36-35-31(24-16-13-22(2)14-17-24)38(32)25-9-5-4-6-10-25/h4-20H,3,21H2,1-2H3,(H,34,39)/b33-20-. The molecule has 0 aliphatic rings. The second-order valence-corrected chi connectivity index (χ2v) is 10.4. The first-order valence-corrected chi connectivity index (χ1v) is 14.1. The Morgan fingerprint density at radius 2 is 1.65 bits per heavy atom. The van der Waals surface area contributed by atoms with Crippen LogP contribution in [0.1, 0.15) is 18.1 Å². The fourth-order valence-corrected chi connectivity index (χ4v) is 5.64. The number of hydrogen-bond donors (Lipinski definition) is 1. The summed E-state index contributed by atoms with van der Waals surface area (Å²) in [6, 6.07) is 32.8. The van der Waals surface area contributed by atoms with Crippen LogP contribution >= 0.6 is 11.8 Å². The van der Waals surface area contributed by atoms with Gasteiger partial charge in [-0.3, -0.25) is 9.36 Å². The number of aromatic nitrogens is 4. The molecule has 4 aromatic carbocycles. The van der Waals surface area contributed by atoms with E-state index in [1.165, 1.54) is 39.1 Å². The van der Waals surface area contributed by atoms with Gasteiger partial charge in [0, 0.05) is 39.6 Å². The van der Waals surface area contributed by atoms with Crippen molar-refractivity contribution in [3.63, 3.8) is 0 Å².